The number of hydrogen-bond donors (Lipinski definition) is 1. The predicted molar refractivity (Wildman–Crippen MR) is 95.2 cm³/mol. The molecule has 1 aliphatic heterocycles. The molecule has 1 N–H and O–H groups in total. The maximum atomic E-state index is 13.1. The molecule has 0 spiro atoms. The molecule has 1 saturated heterocycles. The van der Waals surface area contributed by atoms with E-state index in [9.17, 15) is 14.4 Å². The highest BCUT2D eigenvalue weighted by atomic mass is 16.2. The van der Waals surface area contributed by atoms with Crippen LogP contribution in [0.3, 0.4) is 0 Å². The minimum absolute atomic E-state index is 0.0202. The number of imide groups is 1. The monoisotopic (exact) mass is 349 g/mol. The summed E-state index contributed by atoms with van der Waals surface area (Å²) in [5.41, 5.74) is 3.39. The Kier molecular flexibility index (Phi) is 4.03. The second-order valence-electron chi connectivity index (χ2n) is 6.91. The van der Waals surface area contributed by atoms with Gasteiger partial charge in [-0.25, -0.2) is 0 Å². The van der Waals surface area contributed by atoms with E-state index in [2.05, 4.69) is 10.3 Å². The van der Waals surface area contributed by atoms with Crippen LogP contribution in [0.15, 0.2) is 42.7 Å². The van der Waals surface area contributed by atoms with E-state index in [1.54, 1.807) is 17.2 Å². The SMILES string of the molecule is Cc1cccc(-c2cncc(C(=O)N(C3CC3)C3CC(=O)NC3=O)c2)c1. The number of benzene rings is 1. The Morgan fingerprint density at radius 2 is 1.96 bits per heavy atom. The van der Waals surface area contributed by atoms with Gasteiger partial charge in [-0.05, 0) is 31.4 Å². The number of amides is 3. The van der Waals surface area contributed by atoms with E-state index in [4.69, 9.17) is 0 Å². The van der Waals surface area contributed by atoms with Crippen LogP contribution < -0.4 is 5.32 Å². The van der Waals surface area contributed by atoms with Crippen molar-refractivity contribution in [2.75, 3.05) is 0 Å². The van der Waals surface area contributed by atoms with Crippen LogP contribution in [0, 0.1) is 6.92 Å². The first kappa shape index (κ1) is 16.4. The molecule has 1 aromatic heterocycles. The van der Waals surface area contributed by atoms with Gasteiger partial charge < -0.3 is 4.90 Å². The summed E-state index contributed by atoms with van der Waals surface area (Å²) in [7, 11) is 0. The van der Waals surface area contributed by atoms with Crippen molar-refractivity contribution in [2.45, 2.75) is 38.3 Å². The lowest BCUT2D eigenvalue weighted by atomic mass is 10.0. The molecular weight excluding hydrogens is 330 g/mol. The second-order valence-corrected chi connectivity index (χ2v) is 6.91. The summed E-state index contributed by atoms with van der Waals surface area (Å²) in [5.74, 6) is -0.965. The largest absolute Gasteiger partial charge is 0.323 e. The summed E-state index contributed by atoms with van der Waals surface area (Å²) in [6.07, 6.45) is 4.99. The average molecular weight is 349 g/mol. The Morgan fingerprint density at radius 1 is 1.15 bits per heavy atom. The van der Waals surface area contributed by atoms with Gasteiger partial charge in [0.15, 0.2) is 0 Å². The van der Waals surface area contributed by atoms with Gasteiger partial charge in [-0.15, -0.1) is 0 Å². The molecule has 2 aliphatic rings. The van der Waals surface area contributed by atoms with Crippen LogP contribution in [0.2, 0.25) is 0 Å². The number of pyridine rings is 1. The summed E-state index contributed by atoms with van der Waals surface area (Å²) in [5, 5.41) is 2.29. The number of aryl methyl sites for hydroxylation is 1. The number of hydrogen-bond acceptors (Lipinski definition) is 4. The Bertz CT molecular complexity index is 905. The molecular formula is C20H19N3O3. The van der Waals surface area contributed by atoms with Crippen LogP contribution in [0.5, 0.6) is 0 Å². The zero-order valence-corrected chi connectivity index (χ0v) is 14.4. The van der Waals surface area contributed by atoms with Crippen LogP contribution in [-0.2, 0) is 9.59 Å². The normalized spacial score (nSPS) is 19.3. The number of aromatic nitrogens is 1. The van der Waals surface area contributed by atoms with Gasteiger partial charge in [0, 0.05) is 24.0 Å². The molecule has 1 aliphatic carbocycles. The van der Waals surface area contributed by atoms with Crippen LogP contribution in [0.4, 0.5) is 0 Å². The molecule has 6 nitrogen and oxygen atoms in total. The van der Waals surface area contributed by atoms with Crippen LogP contribution in [0.1, 0.15) is 35.2 Å². The lowest BCUT2D eigenvalue weighted by Gasteiger charge is -2.26. The van der Waals surface area contributed by atoms with Crippen molar-refractivity contribution in [1.29, 1.82) is 0 Å². The van der Waals surface area contributed by atoms with Gasteiger partial charge in [0.1, 0.15) is 6.04 Å². The molecule has 1 saturated carbocycles. The third-order valence-electron chi connectivity index (χ3n) is 4.79. The summed E-state index contributed by atoms with van der Waals surface area (Å²) in [6, 6.07) is 9.08. The van der Waals surface area contributed by atoms with Crippen LogP contribution >= 0.6 is 0 Å². The fourth-order valence-corrected chi connectivity index (χ4v) is 3.37. The standard InChI is InChI=1S/C20H19N3O3/c1-12-3-2-4-13(7-12)14-8-15(11-21-10-14)20(26)23(16-5-6-16)17-9-18(24)22-19(17)25/h2-4,7-8,10-11,16-17H,5-6,9H2,1H3,(H,22,24,25). The van der Waals surface area contributed by atoms with E-state index in [1.807, 2.05) is 31.2 Å². The lowest BCUT2D eigenvalue weighted by Crippen LogP contribution is -2.46. The molecule has 6 heteroatoms. The number of carbonyl (C=O) groups is 3. The number of nitrogens with one attached hydrogen (secondary N) is 1. The van der Waals surface area contributed by atoms with Gasteiger partial charge in [0.2, 0.25) is 11.8 Å². The lowest BCUT2D eigenvalue weighted by molar-refractivity contribution is -0.126. The second kappa shape index (κ2) is 6.37. The van der Waals surface area contributed by atoms with Crippen molar-refractivity contribution in [3.63, 3.8) is 0 Å². The van der Waals surface area contributed by atoms with E-state index < -0.39 is 11.9 Å². The van der Waals surface area contributed by atoms with Crippen molar-refractivity contribution in [3.8, 4) is 11.1 Å². The van der Waals surface area contributed by atoms with E-state index in [0.29, 0.717) is 5.56 Å². The topological polar surface area (TPSA) is 79.4 Å². The van der Waals surface area contributed by atoms with E-state index in [1.165, 1.54) is 6.20 Å². The minimum Gasteiger partial charge on any atom is -0.323 e. The Hall–Kier alpha value is -3.02. The fourth-order valence-electron chi connectivity index (χ4n) is 3.37. The number of rotatable bonds is 4. The third kappa shape index (κ3) is 3.10. The maximum Gasteiger partial charge on any atom is 0.256 e. The summed E-state index contributed by atoms with van der Waals surface area (Å²) in [6.45, 7) is 2.01. The van der Waals surface area contributed by atoms with Crippen LogP contribution in [-0.4, -0.2) is 39.7 Å². The highest BCUT2D eigenvalue weighted by Crippen LogP contribution is 2.32. The molecule has 2 aromatic rings. The van der Waals surface area contributed by atoms with Crippen LogP contribution in [0.25, 0.3) is 11.1 Å². The molecule has 132 valence electrons. The molecule has 0 radical (unpaired) electrons. The van der Waals surface area contributed by atoms with Gasteiger partial charge in [-0.3, -0.25) is 24.7 Å². The van der Waals surface area contributed by atoms with Crippen molar-refractivity contribution in [1.82, 2.24) is 15.2 Å². The summed E-state index contributed by atoms with van der Waals surface area (Å²) >= 11 is 0. The Morgan fingerprint density at radius 3 is 2.62 bits per heavy atom. The first-order valence-electron chi connectivity index (χ1n) is 8.71. The average Bonchev–Trinajstić information content (AvgIpc) is 3.40. The first-order valence-corrected chi connectivity index (χ1v) is 8.71. The number of nitrogens with zero attached hydrogens (tertiary/aromatic N) is 2. The minimum atomic E-state index is -0.717. The zero-order valence-electron chi connectivity index (χ0n) is 14.4. The van der Waals surface area contributed by atoms with Gasteiger partial charge in [0.25, 0.3) is 5.91 Å². The van der Waals surface area contributed by atoms with Gasteiger partial charge >= 0.3 is 0 Å². The zero-order chi connectivity index (χ0) is 18.3. The molecule has 2 fully saturated rings. The van der Waals surface area contributed by atoms with Crippen molar-refractivity contribution in [3.05, 3.63) is 53.9 Å². The highest BCUT2D eigenvalue weighted by molar-refractivity contribution is 6.08. The quantitative estimate of drug-likeness (QED) is 0.857. The fraction of sp³-hybridized carbons (Fsp3) is 0.300. The predicted octanol–water partition coefficient (Wildman–Crippen LogP) is 2.08. The van der Waals surface area contributed by atoms with E-state index in [0.717, 1.165) is 29.5 Å². The maximum absolute atomic E-state index is 13.1. The molecule has 2 heterocycles. The third-order valence-corrected chi connectivity index (χ3v) is 4.79. The van der Waals surface area contributed by atoms with Gasteiger partial charge in [-0.1, -0.05) is 29.8 Å². The van der Waals surface area contributed by atoms with Crippen molar-refractivity contribution in [2.24, 2.45) is 0 Å². The summed E-state index contributed by atoms with van der Waals surface area (Å²) < 4.78 is 0. The smallest absolute Gasteiger partial charge is 0.256 e. The molecule has 1 unspecified atom stereocenters. The van der Waals surface area contributed by atoms with Gasteiger partial charge in [-0.2, -0.15) is 0 Å². The van der Waals surface area contributed by atoms with Crippen molar-refractivity contribution >= 4 is 17.7 Å². The molecule has 0 bridgehead atoms. The van der Waals surface area contributed by atoms with Crippen molar-refractivity contribution < 1.29 is 14.4 Å². The first-order chi connectivity index (χ1) is 12.5. The molecule has 4 rings (SSSR count). The molecule has 1 atom stereocenters. The molecule has 26 heavy (non-hydrogen) atoms. The summed E-state index contributed by atoms with van der Waals surface area (Å²) in [4.78, 5) is 42.5. The highest BCUT2D eigenvalue weighted by Gasteiger charge is 2.44. The van der Waals surface area contributed by atoms with Gasteiger partial charge in [0.05, 0.1) is 12.0 Å². The Balaban J connectivity index is 1.66. The Labute approximate surface area is 151 Å². The number of carbonyl (C=O) groups excluding carboxylic acids is 3. The van der Waals surface area contributed by atoms with E-state index >= 15 is 0 Å². The molecule has 3 amide bonds. The van der Waals surface area contributed by atoms with E-state index in [-0.39, 0.29) is 24.3 Å². The molecule has 1 aromatic carbocycles.